The van der Waals surface area contributed by atoms with Crippen LogP contribution in [0.25, 0.3) is 0 Å². The number of nitrogens with zero attached hydrogens (tertiary/aromatic N) is 1. The Balaban J connectivity index is 1.59. The number of carbonyl (C=O) groups excluding carboxylic acids is 2. The number of anilines is 2. The van der Waals surface area contributed by atoms with E-state index < -0.39 is 0 Å². The van der Waals surface area contributed by atoms with E-state index in [0.29, 0.717) is 11.4 Å². The Bertz CT molecular complexity index is 825. The van der Waals surface area contributed by atoms with Crippen LogP contribution in [0.15, 0.2) is 48.5 Å². The zero-order valence-corrected chi connectivity index (χ0v) is 16.1. The largest absolute Gasteiger partial charge is 0.326 e. The Hall–Kier alpha value is -2.37. The van der Waals surface area contributed by atoms with E-state index in [1.807, 2.05) is 30.3 Å². The van der Waals surface area contributed by atoms with Crippen LogP contribution < -0.4 is 10.6 Å². The topological polar surface area (TPSA) is 61.4 Å². The van der Waals surface area contributed by atoms with Gasteiger partial charge in [0.2, 0.25) is 11.8 Å². The molecule has 0 saturated carbocycles. The number of benzene rings is 2. The standard InChI is InChI=1S/C21H24ClN3O2/c1-15(26)23-19-8-3-9-20(12-19)24-21(27)17-6-4-10-25(14-17)13-16-5-2-7-18(22)11-16/h2-3,5,7-9,11-12,17H,4,6,10,13-14H2,1H3,(H,23,26)(H,24,27). The molecule has 6 heteroatoms. The molecule has 2 amide bonds. The highest BCUT2D eigenvalue weighted by Gasteiger charge is 2.26. The van der Waals surface area contributed by atoms with Crippen molar-refractivity contribution in [3.8, 4) is 0 Å². The summed E-state index contributed by atoms with van der Waals surface area (Å²) in [5.41, 5.74) is 2.52. The molecule has 0 radical (unpaired) electrons. The highest BCUT2D eigenvalue weighted by atomic mass is 35.5. The van der Waals surface area contributed by atoms with Crippen molar-refractivity contribution < 1.29 is 9.59 Å². The first-order valence-electron chi connectivity index (χ1n) is 9.15. The van der Waals surface area contributed by atoms with Crippen LogP contribution in [0.4, 0.5) is 11.4 Å². The van der Waals surface area contributed by atoms with Crippen LogP contribution in [0.3, 0.4) is 0 Å². The van der Waals surface area contributed by atoms with E-state index in [4.69, 9.17) is 11.6 Å². The lowest BCUT2D eigenvalue weighted by molar-refractivity contribution is -0.121. The number of halogens is 1. The van der Waals surface area contributed by atoms with E-state index >= 15 is 0 Å². The third kappa shape index (κ3) is 5.81. The minimum atomic E-state index is -0.137. The molecule has 1 saturated heterocycles. The zero-order chi connectivity index (χ0) is 19.2. The molecule has 27 heavy (non-hydrogen) atoms. The monoisotopic (exact) mass is 385 g/mol. The molecule has 1 fully saturated rings. The third-order valence-electron chi connectivity index (χ3n) is 4.62. The number of carbonyl (C=O) groups is 2. The summed E-state index contributed by atoms with van der Waals surface area (Å²) in [7, 11) is 0. The van der Waals surface area contributed by atoms with Crippen molar-refractivity contribution in [2.24, 2.45) is 5.92 Å². The smallest absolute Gasteiger partial charge is 0.228 e. The highest BCUT2D eigenvalue weighted by Crippen LogP contribution is 2.22. The normalized spacial score (nSPS) is 17.3. The number of rotatable bonds is 5. The molecule has 1 heterocycles. The Labute approximate surface area is 164 Å². The number of nitrogens with one attached hydrogen (secondary N) is 2. The minimum Gasteiger partial charge on any atom is -0.326 e. The SMILES string of the molecule is CC(=O)Nc1cccc(NC(=O)C2CCCN(Cc3cccc(Cl)c3)C2)c1. The van der Waals surface area contributed by atoms with Crippen LogP contribution in [-0.2, 0) is 16.1 Å². The maximum absolute atomic E-state index is 12.7. The average Bonchev–Trinajstić information content (AvgIpc) is 2.62. The number of hydrogen-bond acceptors (Lipinski definition) is 3. The first kappa shape index (κ1) is 19.4. The molecule has 0 aliphatic carbocycles. The predicted octanol–water partition coefficient (Wildman–Crippen LogP) is 4.15. The van der Waals surface area contributed by atoms with Gasteiger partial charge in [0.1, 0.15) is 0 Å². The summed E-state index contributed by atoms with van der Waals surface area (Å²) in [6.45, 7) is 3.96. The summed E-state index contributed by atoms with van der Waals surface area (Å²) in [6.07, 6.45) is 1.87. The van der Waals surface area contributed by atoms with E-state index in [9.17, 15) is 9.59 Å². The lowest BCUT2D eigenvalue weighted by atomic mass is 9.96. The van der Waals surface area contributed by atoms with Crippen molar-refractivity contribution >= 4 is 34.8 Å². The molecule has 1 aliphatic rings. The lowest BCUT2D eigenvalue weighted by Gasteiger charge is -2.32. The summed E-state index contributed by atoms with van der Waals surface area (Å²) >= 11 is 6.07. The maximum atomic E-state index is 12.7. The van der Waals surface area contributed by atoms with Gasteiger partial charge in [-0.1, -0.05) is 29.8 Å². The van der Waals surface area contributed by atoms with Crippen LogP contribution in [0.1, 0.15) is 25.3 Å². The Morgan fingerprint density at radius 2 is 1.85 bits per heavy atom. The second-order valence-electron chi connectivity index (χ2n) is 6.96. The van der Waals surface area contributed by atoms with Gasteiger partial charge in [-0.15, -0.1) is 0 Å². The summed E-state index contributed by atoms with van der Waals surface area (Å²) in [5.74, 6) is -0.171. The quantitative estimate of drug-likeness (QED) is 0.812. The van der Waals surface area contributed by atoms with Crippen molar-refractivity contribution in [2.75, 3.05) is 23.7 Å². The molecule has 1 atom stereocenters. The molecule has 0 spiro atoms. The third-order valence-corrected chi connectivity index (χ3v) is 4.86. The van der Waals surface area contributed by atoms with E-state index in [1.54, 1.807) is 12.1 Å². The second-order valence-corrected chi connectivity index (χ2v) is 7.39. The van der Waals surface area contributed by atoms with E-state index in [-0.39, 0.29) is 17.7 Å². The Morgan fingerprint density at radius 3 is 2.59 bits per heavy atom. The predicted molar refractivity (Wildman–Crippen MR) is 109 cm³/mol. The Morgan fingerprint density at radius 1 is 1.11 bits per heavy atom. The van der Waals surface area contributed by atoms with E-state index in [0.717, 1.165) is 43.1 Å². The molecule has 142 valence electrons. The van der Waals surface area contributed by atoms with Crippen molar-refractivity contribution in [3.05, 3.63) is 59.1 Å². The number of hydrogen-bond donors (Lipinski definition) is 2. The molecule has 0 bridgehead atoms. The molecule has 3 rings (SSSR count). The summed E-state index contributed by atoms with van der Waals surface area (Å²) in [5, 5.41) is 6.44. The van der Waals surface area contributed by atoms with E-state index in [2.05, 4.69) is 21.6 Å². The average molecular weight is 386 g/mol. The molecule has 0 aromatic heterocycles. The fraction of sp³-hybridized carbons (Fsp3) is 0.333. The van der Waals surface area contributed by atoms with Crippen LogP contribution >= 0.6 is 11.6 Å². The van der Waals surface area contributed by atoms with Crippen molar-refractivity contribution in [1.82, 2.24) is 4.90 Å². The van der Waals surface area contributed by atoms with Crippen LogP contribution in [-0.4, -0.2) is 29.8 Å². The van der Waals surface area contributed by atoms with Crippen LogP contribution in [0, 0.1) is 5.92 Å². The van der Waals surface area contributed by atoms with Gasteiger partial charge in [0, 0.05) is 36.4 Å². The highest BCUT2D eigenvalue weighted by molar-refractivity contribution is 6.30. The Kier molecular flexibility index (Phi) is 6.48. The number of amides is 2. The van der Waals surface area contributed by atoms with Gasteiger partial charge in [-0.3, -0.25) is 14.5 Å². The van der Waals surface area contributed by atoms with Crippen molar-refractivity contribution in [1.29, 1.82) is 0 Å². The number of likely N-dealkylation sites (tertiary alicyclic amines) is 1. The molecule has 2 aromatic rings. The summed E-state index contributed by atoms with van der Waals surface area (Å²) in [6, 6.07) is 15.1. The number of piperidine rings is 1. The van der Waals surface area contributed by atoms with Gasteiger partial charge in [0.25, 0.3) is 0 Å². The van der Waals surface area contributed by atoms with Crippen LogP contribution in [0.5, 0.6) is 0 Å². The molecule has 2 N–H and O–H groups in total. The van der Waals surface area contributed by atoms with Gasteiger partial charge in [-0.25, -0.2) is 0 Å². The molecule has 2 aromatic carbocycles. The van der Waals surface area contributed by atoms with E-state index in [1.165, 1.54) is 6.92 Å². The summed E-state index contributed by atoms with van der Waals surface area (Å²) in [4.78, 5) is 26.2. The zero-order valence-electron chi connectivity index (χ0n) is 15.4. The summed E-state index contributed by atoms with van der Waals surface area (Å²) < 4.78 is 0. The van der Waals surface area contributed by atoms with Gasteiger partial charge in [0.15, 0.2) is 0 Å². The maximum Gasteiger partial charge on any atom is 0.228 e. The van der Waals surface area contributed by atoms with Gasteiger partial charge >= 0.3 is 0 Å². The molecular formula is C21H24ClN3O2. The van der Waals surface area contributed by atoms with Gasteiger partial charge in [0.05, 0.1) is 5.92 Å². The minimum absolute atomic E-state index is 0.0192. The fourth-order valence-corrected chi connectivity index (χ4v) is 3.64. The van der Waals surface area contributed by atoms with Crippen LogP contribution in [0.2, 0.25) is 5.02 Å². The van der Waals surface area contributed by atoms with Gasteiger partial charge < -0.3 is 10.6 Å². The van der Waals surface area contributed by atoms with Gasteiger partial charge in [-0.2, -0.15) is 0 Å². The van der Waals surface area contributed by atoms with Crippen molar-refractivity contribution in [2.45, 2.75) is 26.3 Å². The first-order valence-corrected chi connectivity index (χ1v) is 9.53. The molecule has 1 aliphatic heterocycles. The van der Waals surface area contributed by atoms with Gasteiger partial charge in [-0.05, 0) is 55.3 Å². The fourth-order valence-electron chi connectivity index (χ4n) is 3.43. The first-order chi connectivity index (χ1) is 13.0. The molecular weight excluding hydrogens is 362 g/mol. The van der Waals surface area contributed by atoms with Crippen molar-refractivity contribution in [3.63, 3.8) is 0 Å². The molecule has 5 nitrogen and oxygen atoms in total. The lowest BCUT2D eigenvalue weighted by Crippen LogP contribution is -2.40. The second kappa shape index (κ2) is 9.02. The molecule has 1 unspecified atom stereocenters.